The van der Waals surface area contributed by atoms with E-state index in [-0.39, 0.29) is 0 Å². The Labute approximate surface area is 193 Å². The molecule has 1 heterocycles. The van der Waals surface area contributed by atoms with Crippen LogP contribution in [0.1, 0.15) is 11.1 Å². The molecule has 1 nitrogen and oxygen atoms in total. The Morgan fingerprint density at radius 3 is 1.73 bits per heavy atom. The summed E-state index contributed by atoms with van der Waals surface area (Å²) in [6.07, 6.45) is 4.37. The minimum atomic E-state index is 1.17. The zero-order valence-electron chi connectivity index (χ0n) is 18.2. The number of fused-ring (bicyclic) bond motifs is 3. The van der Waals surface area contributed by atoms with Crippen LogP contribution in [0.5, 0.6) is 0 Å². The lowest BCUT2D eigenvalue weighted by Gasteiger charge is -2.11. The van der Waals surface area contributed by atoms with E-state index in [1.807, 2.05) is 6.07 Å². The molecule has 6 aromatic rings. The molecule has 0 radical (unpaired) electrons. The standard InChI is InChI=1S/C32H23N/c1-2-10-24(11-3-1)18-19-25-12-4-5-13-28(25)26-20-22-27(23-21-26)33-31-16-8-6-14-29(31)30-15-7-9-17-32(30)33/h1-23H/b19-18+. The highest BCUT2D eigenvalue weighted by Gasteiger charge is 2.11. The molecule has 0 N–H and O–H groups in total. The van der Waals surface area contributed by atoms with Crippen molar-refractivity contribution in [2.45, 2.75) is 0 Å². The lowest BCUT2D eigenvalue weighted by Crippen LogP contribution is -1.93. The van der Waals surface area contributed by atoms with Crippen LogP contribution in [-0.2, 0) is 0 Å². The molecule has 0 aliphatic carbocycles. The van der Waals surface area contributed by atoms with Gasteiger partial charge in [0.2, 0.25) is 0 Å². The van der Waals surface area contributed by atoms with Crippen molar-refractivity contribution in [2.24, 2.45) is 0 Å². The summed E-state index contributed by atoms with van der Waals surface area (Å²) in [5.74, 6) is 0. The monoisotopic (exact) mass is 421 g/mol. The summed E-state index contributed by atoms with van der Waals surface area (Å²) >= 11 is 0. The van der Waals surface area contributed by atoms with E-state index in [1.54, 1.807) is 0 Å². The molecule has 0 amide bonds. The maximum absolute atomic E-state index is 2.36. The largest absolute Gasteiger partial charge is 0.309 e. The fraction of sp³-hybridized carbons (Fsp3) is 0. The van der Waals surface area contributed by atoms with Crippen LogP contribution in [-0.4, -0.2) is 4.57 Å². The summed E-state index contributed by atoms with van der Waals surface area (Å²) in [7, 11) is 0. The van der Waals surface area contributed by atoms with Crippen molar-refractivity contribution in [1.29, 1.82) is 0 Å². The number of rotatable bonds is 4. The first-order valence-electron chi connectivity index (χ1n) is 11.3. The molecule has 0 aliphatic heterocycles. The SMILES string of the molecule is C(=C\c1ccccc1-c1ccc(-n2c3ccccc3c3ccccc32)cc1)/c1ccccc1. The van der Waals surface area contributed by atoms with Crippen LogP contribution in [0.3, 0.4) is 0 Å². The zero-order valence-corrected chi connectivity index (χ0v) is 18.2. The second-order valence-corrected chi connectivity index (χ2v) is 8.25. The minimum absolute atomic E-state index is 1.17. The predicted octanol–water partition coefficient (Wildman–Crippen LogP) is 8.62. The van der Waals surface area contributed by atoms with Crippen LogP contribution >= 0.6 is 0 Å². The summed E-state index contributed by atoms with van der Waals surface area (Å²) in [5.41, 5.74) is 8.51. The molecule has 1 aromatic heterocycles. The maximum atomic E-state index is 2.36. The molecule has 0 bridgehead atoms. The number of hydrogen-bond donors (Lipinski definition) is 0. The Kier molecular flexibility index (Phi) is 4.86. The summed E-state index contributed by atoms with van der Waals surface area (Å²) in [5, 5.41) is 2.57. The van der Waals surface area contributed by atoms with E-state index in [9.17, 15) is 0 Å². The first kappa shape index (κ1) is 19.3. The van der Waals surface area contributed by atoms with Crippen molar-refractivity contribution in [3.63, 3.8) is 0 Å². The highest BCUT2D eigenvalue weighted by molar-refractivity contribution is 6.09. The van der Waals surface area contributed by atoms with Gasteiger partial charge in [-0.2, -0.15) is 0 Å². The topological polar surface area (TPSA) is 4.93 Å². The summed E-state index contributed by atoms with van der Waals surface area (Å²) in [4.78, 5) is 0. The molecule has 0 fully saturated rings. The van der Waals surface area contributed by atoms with E-state index in [1.165, 1.54) is 49.7 Å². The second-order valence-electron chi connectivity index (χ2n) is 8.25. The quantitative estimate of drug-likeness (QED) is 0.251. The predicted molar refractivity (Wildman–Crippen MR) is 142 cm³/mol. The van der Waals surface area contributed by atoms with Crippen LogP contribution in [0.25, 0.3) is 50.8 Å². The first-order valence-corrected chi connectivity index (χ1v) is 11.3. The van der Waals surface area contributed by atoms with E-state index in [4.69, 9.17) is 0 Å². The second kappa shape index (κ2) is 8.29. The molecule has 33 heavy (non-hydrogen) atoms. The highest BCUT2D eigenvalue weighted by atomic mass is 15.0. The van der Waals surface area contributed by atoms with Crippen LogP contribution < -0.4 is 0 Å². The molecule has 0 spiro atoms. The lowest BCUT2D eigenvalue weighted by molar-refractivity contribution is 1.18. The third-order valence-electron chi connectivity index (χ3n) is 6.23. The number of para-hydroxylation sites is 2. The summed E-state index contributed by atoms with van der Waals surface area (Å²) in [6, 6.07) is 45.2. The molecule has 5 aromatic carbocycles. The zero-order chi connectivity index (χ0) is 22.0. The fourth-order valence-electron chi connectivity index (χ4n) is 4.65. The van der Waals surface area contributed by atoms with Crippen LogP contribution in [0.4, 0.5) is 0 Å². The third kappa shape index (κ3) is 3.54. The Balaban J connectivity index is 1.42. The fourth-order valence-corrected chi connectivity index (χ4v) is 4.65. The van der Waals surface area contributed by atoms with E-state index < -0.39 is 0 Å². The van der Waals surface area contributed by atoms with E-state index >= 15 is 0 Å². The van der Waals surface area contributed by atoms with Gasteiger partial charge in [-0.15, -0.1) is 0 Å². The van der Waals surface area contributed by atoms with Crippen molar-refractivity contribution < 1.29 is 0 Å². The Morgan fingerprint density at radius 1 is 0.455 bits per heavy atom. The number of aromatic nitrogens is 1. The van der Waals surface area contributed by atoms with Crippen LogP contribution in [0.2, 0.25) is 0 Å². The smallest absolute Gasteiger partial charge is 0.0541 e. The first-order chi connectivity index (χ1) is 16.4. The number of hydrogen-bond acceptors (Lipinski definition) is 0. The van der Waals surface area contributed by atoms with Gasteiger partial charge in [0.05, 0.1) is 11.0 Å². The molecule has 1 heteroatoms. The normalized spacial score (nSPS) is 11.5. The summed E-state index contributed by atoms with van der Waals surface area (Å²) in [6.45, 7) is 0. The number of benzene rings is 5. The third-order valence-corrected chi connectivity index (χ3v) is 6.23. The minimum Gasteiger partial charge on any atom is -0.309 e. The number of nitrogens with zero attached hydrogens (tertiary/aromatic N) is 1. The van der Waals surface area contributed by atoms with Gasteiger partial charge in [0.25, 0.3) is 0 Å². The molecular formula is C32H23N. The Bertz CT molecular complexity index is 1530. The van der Waals surface area contributed by atoms with Crippen molar-refractivity contribution >= 4 is 34.0 Å². The molecule has 156 valence electrons. The van der Waals surface area contributed by atoms with E-state index in [0.717, 1.165) is 0 Å². The molecular weight excluding hydrogens is 398 g/mol. The molecule has 0 saturated carbocycles. The maximum Gasteiger partial charge on any atom is 0.0541 e. The van der Waals surface area contributed by atoms with Crippen molar-refractivity contribution in [3.8, 4) is 16.8 Å². The van der Waals surface area contributed by atoms with Gasteiger partial charge in [0.1, 0.15) is 0 Å². The Hall–Kier alpha value is -4.36. The lowest BCUT2D eigenvalue weighted by atomic mass is 9.98. The van der Waals surface area contributed by atoms with Crippen molar-refractivity contribution in [1.82, 2.24) is 4.57 Å². The van der Waals surface area contributed by atoms with Crippen LogP contribution in [0.15, 0.2) is 127 Å². The van der Waals surface area contributed by atoms with Gasteiger partial charge in [-0.25, -0.2) is 0 Å². The molecule has 0 saturated heterocycles. The average Bonchev–Trinajstić information content (AvgIpc) is 3.23. The summed E-state index contributed by atoms with van der Waals surface area (Å²) < 4.78 is 2.36. The van der Waals surface area contributed by atoms with Gasteiger partial charge in [-0.3, -0.25) is 0 Å². The van der Waals surface area contributed by atoms with Gasteiger partial charge >= 0.3 is 0 Å². The van der Waals surface area contributed by atoms with E-state index in [2.05, 4.69) is 138 Å². The van der Waals surface area contributed by atoms with Gasteiger partial charge in [0.15, 0.2) is 0 Å². The van der Waals surface area contributed by atoms with Gasteiger partial charge < -0.3 is 4.57 Å². The van der Waals surface area contributed by atoms with Crippen LogP contribution in [0, 0.1) is 0 Å². The molecule has 0 unspecified atom stereocenters. The Morgan fingerprint density at radius 2 is 1.03 bits per heavy atom. The van der Waals surface area contributed by atoms with Crippen molar-refractivity contribution in [2.75, 3.05) is 0 Å². The molecule has 6 rings (SSSR count). The van der Waals surface area contributed by atoms with E-state index in [0.29, 0.717) is 0 Å². The van der Waals surface area contributed by atoms with Gasteiger partial charge in [-0.1, -0.05) is 115 Å². The average molecular weight is 422 g/mol. The van der Waals surface area contributed by atoms with Gasteiger partial charge in [0, 0.05) is 16.5 Å². The molecule has 0 atom stereocenters. The molecule has 0 aliphatic rings. The highest BCUT2D eigenvalue weighted by Crippen LogP contribution is 2.33. The van der Waals surface area contributed by atoms with Crippen molar-refractivity contribution in [3.05, 3.63) is 139 Å². The van der Waals surface area contributed by atoms with Gasteiger partial charge in [-0.05, 0) is 46.5 Å².